The lowest BCUT2D eigenvalue weighted by Gasteiger charge is -2.24. The van der Waals surface area contributed by atoms with Crippen LogP contribution in [0.4, 0.5) is 5.69 Å². The number of anilines is 1. The Morgan fingerprint density at radius 3 is 2.32 bits per heavy atom. The third-order valence-corrected chi connectivity index (χ3v) is 6.22. The van der Waals surface area contributed by atoms with Crippen molar-refractivity contribution in [2.45, 2.75) is 27.3 Å². The molecule has 5 nitrogen and oxygen atoms in total. The fourth-order valence-electron chi connectivity index (χ4n) is 3.43. The van der Waals surface area contributed by atoms with E-state index in [-0.39, 0.29) is 25.7 Å². The first kappa shape index (κ1) is 26.1. The van der Waals surface area contributed by atoms with Crippen LogP contribution < -0.4 is 9.64 Å². The predicted octanol–water partition coefficient (Wildman–Crippen LogP) is 7.16. The van der Waals surface area contributed by atoms with Gasteiger partial charge in [-0.05, 0) is 95.9 Å². The van der Waals surface area contributed by atoms with Crippen LogP contribution in [0.5, 0.6) is 5.75 Å². The van der Waals surface area contributed by atoms with Gasteiger partial charge in [0.2, 0.25) is 0 Å². The van der Waals surface area contributed by atoms with E-state index < -0.39 is 5.97 Å². The summed E-state index contributed by atoms with van der Waals surface area (Å²) < 4.78 is 11.7. The molecule has 0 aliphatic carbocycles. The number of amides is 1. The van der Waals surface area contributed by atoms with Crippen LogP contribution >= 0.6 is 39.1 Å². The van der Waals surface area contributed by atoms with E-state index in [2.05, 4.69) is 15.9 Å². The van der Waals surface area contributed by atoms with Gasteiger partial charge in [-0.3, -0.25) is 4.79 Å². The standard InChI is InChI=1S/C26H24BrCl2NO4/c1-4-33-26(32)18-6-9-21(10-7-18)30(14-19-5-8-20(28)13-23(19)29)24(31)15-34-25-17(3)11-16(2)12-22(25)27/h5-13H,4,14-15H2,1-3H3. The molecule has 0 atom stereocenters. The first-order valence-electron chi connectivity index (χ1n) is 10.6. The number of halogens is 3. The van der Waals surface area contributed by atoms with Crippen LogP contribution in [0.1, 0.15) is 34.0 Å². The maximum atomic E-state index is 13.3. The third-order valence-electron chi connectivity index (χ3n) is 5.05. The Morgan fingerprint density at radius 1 is 1.00 bits per heavy atom. The monoisotopic (exact) mass is 563 g/mol. The number of ether oxygens (including phenoxy) is 2. The van der Waals surface area contributed by atoms with Gasteiger partial charge in [0.05, 0.1) is 23.2 Å². The van der Waals surface area contributed by atoms with E-state index in [1.165, 1.54) is 0 Å². The smallest absolute Gasteiger partial charge is 0.338 e. The van der Waals surface area contributed by atoms with E-state index >= 15 is 0 Å². The highest BCUT2D eigenvalue weighted by Crippen LogP contribution is 2.31. The van der Waals surface area contributed by atoms with E-state index in [4.69, 9.17) is 32.7 Å². The van der Waals surface area contributed by atoms with E-state index in [1.54, 1.807) is 54.3 Å². The molecule has 34 heavy (non-hydrogen) atoms. The second-order valence-corrected chi connectivity index (χ2v) is 9.36. The number of carbonyl (C=O) groups excluding carboxylic acids is 2. The first-order valence-corrected chi connectivity index (χ1v) is 12.2. The molecule has 8 heteroatoms. The molecule has 0 aromatic heterocycles. The quantitative estimate of drug-likeness (QED) is 0.272. The number of benzene rings is 3. The van der Waals surface area contributed by atoms with E-state index in [9.17, 15) is 9.59 Å². The van der Waals surface area contributed by atoms with Gasteiger partial charge >= 0.3 is 5.97 Å². The lowest BCUT2D eigenvalue weighted by molar-refractivity contribution is -0.120. The second-order valence-electron chi connectivity index (χ2n) is 7.66. The molecule has 0 heterocycles. The lowest BCUT2D eigenvalue weighted by Crippen LogP contribution is -2.34. The molecule has 1 amide bonds. The van der Waals surface area contributed by atoms with Crippen molar-refractivity contribution in [3.63, 3.8) is 0 Å². The van der Waals surface area contributed by atoms with E-state index in [0.717, 1.165) is 21.2 Å². The SMILES string of the molecule is CCOC(=O)c1ccc(N(Cc2ccc(Cl)cc2Cl)C(=O)COc2c(C)cc(C)cc2Br)cc1. The van der Waals surface area contributed by atoms with Crippen molar-refractivity contribution >= 4 is 56.7 Å². The number of esters is 1. The summed E-state index contributed by atoms with van der Waals surface area (Å²) in [7, 11) is 0. The summed E-state index contributed by atoms with van der Waals surface area (Å²) in [5, 5.41) is 0.958. The minimum Gasteiger partial charge on any atom is -0.482 e. The van der Waals surface area contributed by atoms with Gasteiger partial charge in [0.15, 0.2) is 6.61 Å². The van der Waals surface area contributed by atoms with Crippen molar-refractivity contribution in [2.75, 3.05) is 18.1 Å². The van der Waals surface area contributed by atoms with Gasteiger partial charge in [0, 0.05) is 15.7 Å². The molecular formula is C26H24BrCl2NO4. The van der Waals surface area contributed by atoms with Crippen molar-refractivity contribution < 1.29 is 19.1 Å². The van der Waals surface area contributed by atoms with Crippen LogP contribution in [-0.2, 0) is 16.1 Å². The van der Waals surface area contributed by atoms with Crippen LogP contribution in [0.15, 0.2) is 59.1 Å². The second kappa shape index (κ2) is 11.7. The summed E-state index contributed by atoms with van der Waals surface area (Å²) in [6, 6.07) is 15.7. The van der Waals surface area contributed by atoms with Gasteiger partial charge in [0.1, 0.15) is 5.75 Å². The largest absolute Gasteiger partial charge is 0.482 e. The fraction of sp³-hybridized carbons (Fsp3) is 0.231. The highest BCUT2D eigenvalue weighted by molar-refractivity contribution is 9.10. The minimum absolute atomic E-state index is 0.187. The van der Waals surface area contributed by atoms with Crippen LogP contribution in [0, 0.1) is 13.8 Å². The Bertz CT molecular complexity index is 1170. The summed E-state index contributed by atoms with van der Waals surface area (Å²) in [5.41, 5.74) is 3.72. The summed E-state index contributed by atoms with van der Waals surface area (Å²) in [6.07, 6.45) is 0. The van der Waals surface area contributed by atoms with E-state index in [1.807, 2.05) is 26.0 Å². The number of nitrogens with zero attached hydrogens (tertiary/aromatic N) is 1. The molecule has 0 unspecified atom stereocenters. The molecule has 0 aliphatic rings. The summed E-state index contributed by atoms with van der Waals surface area (Å²) in [5.74, 6) is -0.0847. The molecule has 0 saturated carbocycles. The number of hydrogen-bond acceptors (Lipinski definition) is 4. The first-order chi connectivity index (χ1) is 16.2. The topological polar surface area (TPSA) is 55.8 Å². The van der Waals surface area contributed by atoms with Crippen molar-refractivity contribution in [3.8, 4) is 5.75 Å². The zero-order valence-corrected chi connectivity index (χ0v) is 22.1. The van der Waals surface area contributed by atoms with Crippen LogP contribution in [-0.4, -0.2) is 25.1 Å². The van der Waals surface area contributed by atoms with Crippen molar-refractivity contribution in [1.29, 1.82) is 0 Å². The summed E-state index contributed by atoms with van der Waals surface area (Å²) in [4.78, 5) is 26.9. The molecule has 0 saturated heterocycles. The number of hydrogen-bond donors (Lipinski definition) is 0. The molecular weight excluding hydrogens is 541 g/mol. The predicted molar refractivity (Wildman–Crippen MR) is 139 cm³/mol. The average Bonchev–Trinajstić information content (AvgIpc) is 2.78. The number of rotatable bonds is 8. The minimum atomic E-state index is -0.421. The Balaban J connectivity index is 1.88. The van der Waals surface area contributed by atoms with Gasteiger partial charge in [0.25, 0.3) is 5.91 Å². The highest BCUT2D eigenvalue weighted by atomic mass is 79.9. The molecule has 3 aromatic carbocycles. The van der Waals surface area contributed by atoms with Gasteiger partial charge in [-0.2, -0.15) is 0 Å². The maximum Gasteiger partial charge on any atom is 0.338 e. The number of aryl methyl sites for hydroxylation is 2. The molecule has 0 radical (unpaired) electrons. The summed E-state index contributed by atoms with van der Waals surface area (Å²) in [6.45, 7) is 5.96. The van der Waals surface area contributed by atoms with Gasteiger partial charge in [-0.25, -0.2) is 4.79 Å². The Labute approximate surface area is 217 Å². The van der Waals surface area contributed by atoms with Crippen molar-refractivity contribution in [2.24, 2.45) is 0 Å². The van der Waals surface area contributed by atoms with Crippen LogP contribution in [0.2, 0.25) is 10.0 Å². The van der Waals surface area contributed by atoms with Gasteiger partial charge < -0.3 is 14.4 Å². The fourth-order valence-corrected chi connectivity index (χ4v) is 4.69. The lowest BCUT2D eigenvalue weighted by atomic mass is 10.1. The average molecular weight is 565 g/mol. The molecule has 0 N–H and O–H groups in total. The molecule has 0 fully saturated rings. The zero-order chi connectivity index (χ0) is 24.8. The normalized spacial score (nSPS) is 10.6. The molecule has 178 valence electrons. The maximum absolute atomic E-state index is 13.3. The summed E-state index contributed by atoms with van der Waals surface area (Å²) >= 11 is 15.9. The highest BCUT2D eigenvalue weighted by Gasteiger charge is 2.20. The molecule has 3 aromatic rings. The van der Waals surface area contributed by atoms with Gasteiger partial charge in [-0.15, -0.1) is 0 Å². The van der Waals surface area contributed by atoms with Crippen molar-refractivity contribution in [1.82, 2.24) is 0 Å². The van der Waals surface area contributed by atoms with Gasteiger partial charge in [-0.1, -0.05) is 35.3 Å². The third kappa shape index (κ3) is 6.53. The molecule has 0 aliphatic heterocycles. The Kier molecular flexibility index (Phi) is 9.00. The zero-order valence-electron chi connectivity index (χ0n) is 19.0. The molecule has 3 rings (SSSR count). The van der Waals surface area contributed by atoms with Crippen LogP contribution in [0.25, 0.3) is 0 Å². The van der Waals surface area contributed by atoms with E-state index in [0.29, 0.717) is 27.0 Å². The van der Waals surface area contributed by atoms with Crippen LogP contribution in [0.3, 0.4) is 0 Å². The van der Waals surface area contributed by atoms with Crippen molar-refractivity contribution in [3.05, 3.63) is 91.4 Å². The Hall–Kier alpha value is -2.54. The molecule has 0 bridgehead atoms. The Morgan fingerprint density at radius 2 is 1.71 bits per heavy atom. The number of carbonyl (C=O) groups is 2. The molecule has 0 spiro atoms.